The number of tetrazole rings is 1. The average molecular weight is 367 g/mol. The zero-order valence-corrected chi connectivity index (χ0v) is 14.5. The van der Waals surface area contributed by atoms with Crippen LogP contribution in [0.4, 0.5) is 17.1 Å². The fourth-order valence-electron chi connectivity index (χ4n) is 2.58. The summed E-state index contributed by atoms with van der Waals surface area (Å²) in [6, 6.07) is 11.7. The van der Waals surface area contributed by atoms with E-state index in [0.717, 1.165) is 11.3 Å². The number of rotatable bonds is 7. The van der Waals surface area contributed by atoms with Crippen molar-refractivity contribution in [3.63, 3.8) is 0 Å². The van der Waals surface area contributed by atoms with Crippen LogP contribution in [0.5, 0.6) is 0 Å². The van der Waals surface area contributed by atoms with E-state index in [9.17, 15) is 14.9 Å². The molecule has 1 heterocycles. The summed E-state index contributed by atoms with van der Waals surface area (Å²) in [6.07, 6.45) is 1.66. The molecule has 1 aromatic heterocycles. The van der Waals surface area contributed by atoms with E-state index in [-0.39, 0.29) is 24.6 Å². The molecule has 2 N–H and O–H groups in total. The Morgan fingerprint density at radius 3 is 2.78 bits per heavy atom. The van der Waals surface area contributed by atoms with E-state index in [1.165, 1.54) is 17.1 Å². The molecule has 10 nitrogen and oxygen atoms in total. The summed E-state index contributed by atoms with van der Waals surface area (Å²) in [4.78, 5) is 22.6. The van der Waals surface area contributed by atoms with Crippen molar-refractivity contribution in [2.45, 2.75) is 13.3 Å². The molecule has 0 aliphatic heterocycles. The minimum Gasteiger partial charge on any atom is -0.379 e. The number of hydrogen-bond donors (Lipinski definition) is 2. The van der Waals surface area contributed by atoms with Gasteiger partial charge < -0.3 is 10.6 Å². The summed E-state index contributed by atoms with van der Waals surface area (Å²) in [5, 5.41) is 27.7. The quantitative estimate of drug-likeness (QED) is 0.484. The van der Waals surface area contributed by atoms with Gasteiger partial charge in [0.1, 0.15) is 12.0 Å². The van der Waals surface area contributed by atoms with E-state index in [1.807, 2.05) is 19.1 Å². The van der Waals surface area contributed by atoms with E-state index in [0.29, 0.717) is 11.4 Å². The molecule has 0 spiro atoms. The fourth-order valence-corrected chi connectivity index (χ4v) is 2.58. The molecule has 0 saturated carbocycles. The van der Waals surface area contributed by atoms with Crippen molar-refractivity contribution in [1.82, 2.24) is 20.2 Å². The lowest BCUT2D eigenvalue weighted by atomic mass is 10.1. The Hall–Kier alpha value is -3.82. The summed E-state index contributed by atoms with van der Waals surface area (Å²) in [5.74, 6) is -0.198. The maximum absolute atomic E-state index is 12.1. The third-order valence-corrected chi connectivity index (χ3v) is 3.84. The summed E-state index contributed by atoms with van der Waals surface area (Å²) in [5.41, 5.74) is 2.73. The van der Waals surface area contributed by atoms with Crippen LogP contribution >= 0.6 is 0 Å². The molecule has 0 unspecified atom stereocenters. The largest absolute Gasteiger partial charge is 0.379 e. The maximum atomic E-state index is 12.1. The van der Waals surface area contributed by atoms with Gasteiger partial charge in [0.2, 0.25) is 5.91 Å². The van der Waals surface area contributed by atoms with Crippen molar-refractivity contribution < 1.29 is 9.72 Å². The minimum absolute atomic E-state index is 0.0216. The van der Waals surface area contributed by atoms with E-state index in [1.54, 1.807) is 24.3 Å². The van der Waals surface area contributed by atoms with Crippen molar-refractivity contribution in [1.29, 1.82) is 0 Å². The molecule has 1 amide bonds. The standard InChI is InChI=1S/C17H17N7O3/c1-12-10-13(6-7-15(12)23-11-19-21-22-23)20-17(25)8-9-18-14-4-2-3-5-16(14)24(26)27/h2-7,10-11,18H,8-9H2,1H3,(H,20,25). The minimum atomic E-state index is -0.461. The predicted octanol–water partition coefficient (Wildman–Crippen LogP) is 2.32. The van der Waals surface area contributed by atoms with Crippen LogP contribution in [0.15, 0.2) is 48.8 Å². The summed E-state index contributed by atoms with van der Waals surface area (Å²) in [6.45, 7) is 2.17. The van der Waals surface area contributed by atoms with Gasteiger partial charge in [-0.1, -0.05) is 12.1 Å². The maximum Gasteiger partial charge on any atom is 0.292 e. The monoisotopic (exact) mass is 367 g/mol. The number of nitrogens with zero attached hydrogens (tertiary/aromatic N) is 5. The smallest absolute Gasteiger partial charge is 0.292 e. The fraction of sp³-hybridized carbons (Fsp3) is 0.176. The topological polar surface area (TPSA) is 128 Å². The van der Waals surface area contributed by atoms with Gasteiger partial charge in [0, 0.05) is 24.7 Å². The lowest BCUT2D eigenvalue weighted by Gasteiger charge is -2.10. The molecular formula is C17H17N7O3. The van der Waals surface area contributed by atoms with Crippen LogP contribution in [-0.4, -0.2) is 37.6 Å². The normalized spacial score (nSPS) is 10.4. The number of aromatic nitrogens is 4. The molecule has 0 atom stereocenters. The van der Waals surface area contributed by atoms with E-state index in [4.69, 9.17) is 0 Å². The Bertz CT molecular complexity index is 957. The Labute approximate surface area is 154 Å². The Morgan fingerprint density at radius 2 is 2.07 bits per heavy atom. The number of para-hydroxylation sites is 2. The van der Waals surface area contributed by atoms with Crippen molar-refractivity contribution in [3.05, 3.63) is 64.5 Å². The molecular weight excluding hydrogens is 350 g/mol. The number of benzene rings is 2. The molecule has 0 aliphatic rings. The highest BCUT2D eigenvalue weighted by atomic mass is 16.6. The number of nitrogens with one attached hydrogen (secondary N) is 2. The first kappa shape index (κ1) is 18.0. The molecule has 0 radical (unpaired) electrons. The summed E-state index contributed by atoms with van der Waals surface area (Å²) < 4.78 is 1.54. The number of hydrogen-bond acceptors (Lipinski definition) is 7. The number of aryl methyl sites for hydroxylation is 1. The first-order valence-electron chi connectivity index (χ1n) is 8.16. The van der Waals surface area contributed by atoms with Gasteiger partial charge in [-0.05, 0) is 47.2 Å². The van der Waals surface area contributed by atoms with Crippen molar-refractivity contribution in [2.75, 3.05) is 17.2 Å². The average Bonchev–Trinajstić information content (AvgIpc) is 3.16. The highest BCUT2D eigenvalue weighted by Gasteiger charge is 2.12. The molecule has 3 aromatic rings. The number of carbonyl (C=O) groups excluding carboxylic acids is 1. The van der Waals surface area contributed by atoms with Crippen molar-refractivity contribution in [2.24, 2.45) is 0 Å². The van der Waals surface area contributed by atoms with Gasteiger partial charge in [-0.3, -0.25) is 14.9 Å². The first-order valence-corrected chi connectivity index (χ1v) is 8.16. The van der Waals surface area contributed by atoms with Gasteiger partial charge in [0.15, 0.2) is 0 Å². The van der Waals surface area contributed by atoms with Crippen LogP contribution < -0.4 is 10.6 Å². The molecule has 0 bridgehead atoms. The van der Waals surface area contributed by atoms with Gasteiger partial charge >= 0.3 is 0 Å². The van der Waals surface area contributed by atoms with Gasteiger partial charge in [-0.15, -0.1) is 5.10 Å². The third kappa shape index (κ3) is 4.42. The van der Waals surface area contributed by atoms with E-state index < -0.39 is 4.92 Å². The molecule has 0 fully saturated rings. The van der Waals surface area contributed by atoms with Crippen LogP contribution in [0.2, 0.25) is 0 Å². The number of carbonyl (C=O) groups is 1. The zero-order chi connectivity index (χ0) is 19.2. The van der Waals surface area contributed by atoms with Crippen LogP contribution in [0.1, 0.15) is 12.0 Å². The SMILES string of the molecule is Cc1cc(NC(=O)CCNc2ccccc2[N+](=O)[O-])ccc1-n1cnnn1. The van der Waals surface area contributed by atoms with E-state index in [2.05, 4.69) is 26.2 Å². The van der Waals surface area contributed by atoms with Crippen molar-refractivity contribution >= 4 is 23.0 Å². The van der Waals surface area contributed by atoms with Gasteiger partial charge in [-0.2, -0.15) is 0 Å². The van der Waals surface area contributed by atoms with Crippen molar-refractivity contribution in [3.8, 4) is 5.69 Å². The zero-order valence-electron chi connectivity index (χ0n) is 14.5. The predicted molar refractivity (Wildman–Crippen MR) is 98.7 cm³/mol. The van der Waals surface area contributed by atoms with Gasteiger partial charge in [0.05, 0.1) is 10.6 Å². The van der Waals surface area contributed by atoms with Crippen LogP contribution in [0, 0.1) is 17.0 Å². The summed E-state index contributed by atoms with van der Waals surface area (Å²) in [7, 11) is 0. The summed E-state index contributed by atoms with van der Waals surface area (Å²) >= 11 is 0. The highest BCUT2D eigenvalue weighted by molar-refractivity contribution is 5.91. The molecule has 0 aliphatic carbocycles. The Kier molecular flexibility index (Phi) is 5.36. The Balaban J connectivity index is 1.56. The molecule has 3 rings (SSSR count). The van der Waals surface area contributed by atoms with Crippen LogP contribution in [-0.2, 0) is 4.79 Å². The number of nitro groups is 1. The van der Waals surface area contributed by atoms with E-state index >= 15 is 0 Å². The lowest BCUT2D eigenvalue weighted by molar-refractivity contribution is -0.384. The van der Waals surface area contributed by atoms with Gasteiger partial charge in [-0.25, -0.2) is 4.68 Å². The second-order valence-corrected chi connectivity index (χ2v) is 5.75. The molecule has 2 aromatic carbocycles. The number of anilines is 2. The Morgan fingerprint density at radius 1 is 1.26 bits per heavy atom. The van der Waals surface area contributed by atoms with Crippen LogP contribution in [0.3, 0.4) is 0 Å². The number of amides is 1. The molecule has 0 saturated heterocycles. The lowest BCUT2D eigenvalue weighted by Crippen LogP contribution is -2.16. The number of nitro benzene ring substituents is 1. The molecule has 10 heteroatoms. The third-order valence-electron chi connectivity index (χ3n) is 3.84. The van der Waals surface area contributed by atoms with Gasteiger partial charge in [0.25, 0.3) is 5.69 Å². The second kappa shape index (κ2) is 8.04. The second-order valence-electron chi connectivity index (χ2n) is 5.75. The highest BCUT2D eigenvalue weighted by Crippen LogP contribution is 2.23. The molecule has 138 valence electrons. The van der Waals surface area contributed by atoms with Crippen LogP contribution in [0.25, 0.3) is 5.69 Å². The first-order chi connectivity index (χ1) is 13.0. The molecule has 27 heavy (non-hydrogen) atoms.